The van der Waals surface area contributed by atoms with E-state index < -0.39 is 11.8 Å². The average molecular weight is 847 g/mol. The van der Waals surface area contributed by atoms with Crippen LogP contribution in [0.5, 0.6) is 0 Å². The molecule has 6 heteroatoms. The summed E-state index contributed by atoms with van der Waals surface area (Å²) in [5.41, 5.74) is 15.9. The minimum absolute atomic E-state index is 0.325. The van der Waals surface area contributed by atoms with Crippen LogP contribution < -0.4 is 4.90 Å². The van der Waals surface area contributed by atoms with Crippen molar-refractivity contribution in [2.24, 2.45) is 0 Å². The quantitative estimate of drug-likeness (QED) is 0.149. The Hall–Kier alpha value is -9.10. The van der Waals surface area contributed by atoms with Gasteiger partial charge in [0, 0.05) is 21.9 Å². The smallest absolute Gasteiger partial charge is 0.268 e. The van der Waals surface area contributed by atoms with Gasteiger partial charge in [0.1, 0.15) is 0 Å². The lowest BCUT2D eigenvalue weighted by atomic mass is 9.90. The molecule has 10 aromatic rings. The van der Waals surface area contributed by atoms with Crippen LogP contribution in [0.4, 0.5) is 5.69 Å². The fourth-order valence-electron chi connectivity index (χ4n) is 9.74. The molecule has 0 atom stereocenters. The summed E-state index contributed by atoms with van der Waals surface area (Å²) in [4.78, 5) is 32.2. The number of benzene rings is 9. The van der Waals surface area contributed by atoms with Gasteiger partial charge < -0.3 is 4.57 Å². The molecule has 0 unspecified atom stereocenters. The summed E-state index contributed by atoms with van der Waals surface area (Å²) < 4.78 is 2.11. The number of fused-ring (bicyclic) bond motifs is 4. The molecule has 2 amide bonds. The number of aryl methyl sites for hydroxylation is 2. The fourth-order valence-corrected chi connectivity index (χ4v) is 9.74. The third-order valence-electron chi connectivity index (χ3n) is 12.8. The molecule has 1 aliphatic rings. The Bertz CT molecular complexity index is 3540. The molecule has 0 bridgehead atoms. The summed E-state index contributed by atoms with van der Waals surface area (Å²) in [5, 5.41) is 21.1. The molecule has 0 aliphatic carbocycles. The Morgan fingerprint density at radius 2 is 0.879 bits per heavy atom. The molecule has 0 radical (unpaired) electrons. The molecule has 0 saturated carbocycles. The van der Waals surface area contributed by atoms with E-state index in [0.29, 0.717) is 33.6 Å². The number of hydrogen-bond acceptors (Lipinski definition) is 4. The van der Waals surface area contributed by atoms with Crippen LogP contribution >= 0.6 is 0 Å². The Balaban J connectivity index is 1.14. The molecule has 0 saturated heterocycles. The predicted octanol–water partition coefficient (Wildman–Crippen LogP) is 14.3. The first-order chi connectivity index (χ1) is 32.3. The van der Waals surface area contributed by atoms with Gasteiger partial charge in [0.25, 0.3) is 11.8 Å². The van der Waals surface area contributed by atoms with Crippen molar-refractivity contribution in [3.63, 3.8) is 0 Å². The minimum Gasteiger partial charge on any atom is -0.308 e. The molecule has 0 spiro atoms. The van der Waals surface area contributed by atoms with Crippen LogP contribution in [-0.2, 0) is 0 Å². The fraction of sp³-hybridized carbons (Fsp3) is 0.0333. The van der Waals surface area contributed by atoms with Crippen molar-refractivity contribution in [1.29, 1.82) is 10.5 Å². The third-order valence-corrected chi connectivity index (χ3v) is 12.8. The number of amides is 2. The first-order valence-electron chi connectivity index (χ1n) is 21.8. The van der Waals surface area contributed by atoms with Crippen molar-refractivity contribution in [2.45, 2.75) is 13.8 Å². The number of nitriles is 2. The van der Waals surface area contributed by atoms with Crippen molar-refractivity contribution in [3.8, 4) is 73.5 Å². The van der Waals surface area contributed by atoms with E-state index in [2.05, 4.69) is 77.4 Å². The maximum Gasteiger partial charge on any atom is 0.268 e. The zero-order chi connectivity index (χ0) is 45.1. The van der Waals surface area contributed by atoms with Crippen molar-refractivity contribution in [2.75, 3.05) is 4.90 Å². The van der Waals surface area contributed by atoms with Gasteiger partial charge in [0.05, 0.1) is 56.8 Å². The number of aromatic nitrogens is 1. The van der Waals surface area contributed by atoms with Gasteiger partial charge in [-0.1, -0.05) is 121 Å². The lowest BCUT2D eigenvalue weighted by Gasteiger charge is -2.24. The summed E-state index contributed by atoms with van der Waals surface area (Å²) >= 11 is 0. The van der Waals surface area contributed by atoms with Gasteiger partial charge in [-0.05, 0) is 142 Å². The Morgan fingerprint density at radius 1 is 0.394 bits per heavy atom. The normalized spacial score (nSPS) is 12.1. The highest BCUT2D eigenvalue weighted by Crippen LogP contribution is 2.47. The van der Waals surface area contributed by atoms with Crippen LogP contribution in [0.25, 0.3) is 83.1 Å². The number of carbonyl (C=O) groups excluding carboxylic acids is 2. The lowest BCUT2D eigenvalue weighted by molar-refractivity contribution is 0.0926. The molecule has 2 heterocycles. The van der Waals surface area contributed by atoms with Gasteiger partial charge in [-0.2, -0.15) is 10.5 Å². The first kappa shape index (κ1) is 39.7. The van der Waals surface area contributed by atoms with E-state index in [1.54, 1.807) is 6.07 Å². The highest BCUT2D eigenvalue weighted by Gasteiger charge is 2.42. The van der Waals surface area contributed by atoms with Crippen LogP contribution in [0, 0.1) is 36.5 Å². The molecule has 9 aromatic carbocycles. The van der Waals surface area contributed by atoms with Gasteiger partial charge in [-0.25, -0.2) is 4.90 Å². The standard InChI is InChI=1S/C60H38N4O2/c1-37-29-39(35-61)21-25-47(37)44-23-27-54-52(31-44)53-32-45(48-26-22-40(36-62)30-38(48)2)24-28-55(53)63(54)56-20-12-19-49-57(56)60(66)64(59(49)65)58-50(42-15-8-4-9-16-42)33-46(41-13-6-3-7-14-41)34-51(58)43-17-10-5-11-18-43/h3-34H,1-2H3. The van der Waals surface area contributed by atoms with Crippen molar-refractivity contribution in [3.05, 3.63) is 228 Å². The second-order valence-electron chi connectivity index (χ2n) is 16.7. The van der Waals surface area contributed by atoms with Gasteiger partial charge in [0.2, 0.25) is 0 Å². The van der Waals surface area contributed by atoms with Crippen molar-refractivity contribution >= 4 is 39.3 Å². The molecule has 66 heavy (non-hydrogen) atoms. The third kappa shape index (κ3) is 6.48. The number of carbonyl (C=O) groups is 2. The molecule has 0 fully saturated rings. The second-order valence-corrected chi connectivity index (χ2v) is 16.7. The van der Waals surface area contributed by atoms with Crippen LogP contribution in [0.1, 0.15) is 43.0 Å². The molecular formula is C60H38N4O2. The molecule has 0 N–H and O–H groups in total. The number of anilines is 1. The van der Waals surface area contributed by atoms with Crippen LogP contribution in [0.15, 0.2) is 194 Å². The van der Waals surface area contributed by atoms with E-state index in [4.69, 9.17) is 0 Å². The van der Waals surface area contributed by atoms with Crippen LogP contribution in [0.2, 0.25) is 0 Å². The molecule has 310 valence electrons. The average Bonchev–Trinajstić information content (AvgIpc) is 3.82. The highest BCUT2D eigenvalue weighted by molar-refractivity contribution is 6.37. The zero-order valence-electron chi connectivity index (χ0n) is 36.1. The largest absolute Gasteiger partial charge is 0.308 e. The summed E-state index contributed by atoms with van der Waals surface area (Å²) in [7, 11) is 0. The van der Waals surface area contributed by atoms with Crippen molar-refractivity contribution < 1.29 is 9.59 Å². The number of hydrogen-bond donors (Lipinski definition) is 0. The molecular weight excluding hydrogens is 809 g/mol. The molecule has 1 aliphatic heterocycles. The number of rotatable bonds is 7. The Kier molecular flexibility index (Phi) is 9.58. The number of imide groups is 1. The summed E-state index contributed by atoms with van der Waals surface area (Å²) in [6.45, 7) is 4.03. The van der Waals surface area contributed by atoms with E-state index in [0.717, 1.165) is 88.6 Å². The van der Waals surface area contributed by atoms with E-state index >= 15 is 9.59 Å². The molecule has 1 aromatic heterocycles. The zero-order valence-corrected chi connectivity index (χ0v) is 36.1. The summed E-state index contributed by atoms with van der Waals surface area (Å²) in [6, 6.07) is 68.4. The van der Waals surface area contributed by atoms with E-state index in [-0.39, 0.29) is 0 Å². The SMILES string of the molecule is Cc1cc(C#N)ccc1-c1ccc2c(c1)c1cc(-c3ccc(C#N)cc3C)ccc1n2-c1cccc2c1C(=O)N(c1c(-c3ccccc3)cc(-c3ccccc3)cc1-c1ccccc1)C2=O. The predicted molar refractivity (Wildman–Crippen MR) is 264 cm³/mol. The summed E-state index contributed by atoms with van der Waals surface area (Å²) in [6.07, 6.45) is 0. The van der Waals surface area contributed by atoms with E-state index in [9.17, 15) is 10.5 Å². The molecule has 11 rings (SSSR count). The van der Waals surface area contributed by atoms with Gasteiger partial charge in [-0.15, -0.1) is 0 Å². The minimum atomic E-state index is -0.405. The summed E-state index contributed by atoms with van der Waals surface area (Å²) in [5.74, 6) is -0.798. The Labute approximate surface area is 382 Å². The Morgan fingerprint density at radius 3 is 1.35 bits per heavy atom. The van der Waals surface area contributed by atoms with Gasteiger partial charge in [-0.3, -0.25) is 9.59 Å². The van der Waals surface area contributed by atoms with Gasteiger partial charge >= 0.3 is 0 Å². The van der Waals surface area contributed by atoms with Crippen LogP contribution in [-0.4, -0.2) is 16.4 Å². The maximum absolute atomic E-state index is 15.6. The van der Waals surface area contributed by atoms with Crippen molar-refractivity contribution in [1.82, 2.24) is 4.57 Å². The highest BCUT2D eigenvalue weighted by atomic mass is 16.2. The van der Waals surface area contributed by atoms with E-state index in [1.807, 2.05) is 141 Å². The monoisotopic (exact) mass is 846 g/mol. The van der Waals surface area contributed by atoms with Crippen LogP contribution in [0.3, 0.4) is 0 Å². The lowest BCUT2D eigenvalue weighted by Crippen LogP contribution is -2.30. The first-order valence-corrected chi connectivity index (χ1v) is 21.8. The second kappa shape index (κ2) is 15.9. The maximum atomic E-state index is 15.6. The van der Waals surface area contributed by atoms with Gasteiger partial charge in [0.15, 0.2) is 0 Å². The van der Waals surface area contributed by atoms with E-state index in [1.165, 1.54) is 4.90 Å². The molecule has 6 nitrogen and oxygen atoms in total. The topological polar surface area (TPSA) is 89.9 Å². The number of nitrogens with zero attached hydrogens (tertiary/aromatic N) is 4.